The third-order valence-electron chi connectivity index (χ3n) is 4.79. The molecule has 0 unspecified atom stereocenters. The van der Waals surface area contributed by atoms with Crippen molar-refractivity contribution in [2.75, 3.05) is 14.2 Å². The van der Waals surface area contributed by atoms with E-state index in [-0.39, 0.29) is 6.42 Å². The molecule has 0 aliphatic carbocycles. The van der Waals surface area contributed by atoms with Crippen LogP contribution in [0.4, 0.5) is 0 Å². The predicted octanol–water partition coefficient (Wildman–Crippen LogP) is 4.82. The number of H-pyrrole nitrogens is 1. The number of ether oxygens (including phenoxy) is 2. The molecular formula is C22H25NO4. The van der Waals surface area contributed by atoms with Crippen LogP contribution in [0.5, 0.6) is 11.5 Å². The normalized spacial score (nSPS) is 10.9. The number of aromatic nitrogens is 1. The van der Waals surface area contributed by atoms with Gasteiger partial charge in [-0.25, -0.2) is 0 Å². The number of hydrogen-bond donors (Lipinski definition) is 2. The number of aromatic amines is 1. The Bertz CT molecular complexity index is 958. The van der Waals surface area contributed by atoms with Crippen LogP contribution in [0.15, 0.2) is 36.4 Å². The van der Waals surface area contributed by atoms with E-state index in [9.17, 15) is 9.90 Å². The Morgan fingerprint density at radius 2 is 1.96 bits per heavy atom. The summed E-state index contributed by atoms with van der Waals surface area (Å²) in [5, 5.41) is 10.4. The molecular weight excluding hydrogens is 342 g/mol. The van der Waals surface area contributed by atoms with Crippen molar-refractivity contribution in [2.45, 2.75) is 32.6 Å². The average molecular weight is 367 g/mol. The van der Waals surface area contributed by atoms with Gasteiger partial charge in [0.15, 0.2) is 11.5 Å². The highest BCUT2D eigenvalue weighted by atomic mass is 16.5. The van der Waals surface area contributed by atoms with Crippen molar-refractivity contribution in [3.05, 3.63) is 47.5 Å². The van der Waals surface area contributed by atoms with Gasteiger partial charge in [0, 0.05) is 16.5 Å². The van der Waals surface area contributed by atoms with Crippen LogP contribution in [-0.2, 0) is 17.6 Å². The van der Waals surface area contributed by atoms with Gasteiger partial charge in [-0.15, -0.1) is 0 Å². The van der Waals surface area contributed by atoms with Crippen LogP contribution >= 0.6 is 0 Å². The van der Waals surface area contributed by atoms with Crippen LogP contribution in [0.2, 0.25) is 0 Å². The van der Waals surface area contributed by atoms with Crippen LogP contribution < -0.4 is 9.47 Å². The first-order valence-corrected chi connectivity index (χ1v) is 9.15. The largest absolute Gasteiger partial charge is 0.493 e. The third kappa shape index (κ3) is 3.77. The number of aliphatic carboxylic acids is 1. The Kier molecular flexibility index (Phi) is 5.69. The maximum absolute atomic E-state index is 11.6. The molecule has 0 aliphatic rings. The van der Waals surface area contributed by atoms with E-state index in [4.69, 9.17) is 9.47 Å². The third-order valence-corrected chi connectivity index (χ3v) is 4.79. The number of carboxylic acids is 1. The first-order valence-electron chi connectivity index (χ1n) is 9.15. The molecule has 3 rings (SSSR count). The van der Waals surface area contributed by atoms with Crippen molar-refractivity contribution in [2.24, 2.45) is 0 Å². The van der Waals surface area contributed by atoms with Gasteiger partial charge in [0.25, 0.3) is 0 Å². The smallest absolute Gasteiger partial charge is 0.307 e. The lowest BCUT2D eigenvalue weighted by molar-refractivity contribution is -0.136. The van der Waals surface area contributed by atoms with Crippen molar-refractivity contribution in [1.82, 2.24) is 4.98 Å². The second kappa shape index (κ2) is 8.16. The second-order valence-corrected chi connectivity index (χ2v) is 6.57. The van der Waals surface area contributed by atoms with Crippen LogP contribution in [0.3, 0.4) is 0 Å². The van der Waals surface area contributed by atoms with Crippen molar-refractivity contribution >= 4 is 16.9 Å². The van der Waals surface area contributed by atoms with Gasteiger partial charge >= 0.3 is 5.97 Å². The lowest BCUT2D eigenvalue weighted by Gasteiger charge is -2.13. The van der Waals surface area contributed by atoms with Gasteiger partial charge in [0.2, 0.25) is 0 Å². The summed E-state index contributed by atoms with van der Waals surface area (Å²) in [5.41, 5.74) is 4.46. The van der Waals surface area contributed by atoms with Crippen LogP contribution in [0.1, 0.15) is 30.9 Å². The molecule has 0 amide bonds. The molecule has 0 bridgehead atoms. The maximum atomic E-state index is 11.6. The minimum absolute atomic E-state index is 0.0626. The number of nitrogens with one attached hydrogen (secondary N) is 1. The molecule has 0 radical (unpaired) electrons. The van der Waals surface area contributed by atoms with Crippen molar-refractivity contribution in [3.8, 4) is 22.8 Å². The summed E-state index contributed by atoms with van der Waals surface area (Å²) in [4.78, 5) is 15.0. The van der Waals surface area contributed by atoms with Gasteiger partial charge in [-0.3, -0.25) is 4.79 Å². The SMILES string of the molecule is CCCCc1ccc2[nH]c(-c3cccc(OC)c3OC)c(CC(=O)O)c2c1. The minimum Gasteiger partial charge on any atom is -0.493 e. The molecule has 0 aliphatic heterocycles. The van der Waals surface area contributed by atoms with Crippen molar-refractivity contribution < 1.29 is 19.4 Å². The molecule has 2 N–H and O–H groups in total. The Morgan fingerprint density at radius 3 is 2.63 bits per heavy atom. The molecule has 1 heterocycles. The van der Waals surface area contributed by atoms with E-state index in [1.807, 2.05) is 24.3 Å². The first-order chi connectivity index (χ1) is 13.1. The Balaban J connectivity index is 2.22. The molecule has 0 saturated carbocycles. The summed E-state index contributed by atoms with van der Waals surface area (Å²) in [6.07, 6.45) is 3.16. The number of methoxy groups -OCH3 is 2. The molecule has 142 valence electrons. The number of fused-ring (bicyclic) bond motifs is 1. The minimum atomic E-state index is -0.863. The van der Waals surface area contributed by atoms with Crippen molar-refractivity contribution in [3.63, 3.8) is 0 Å². The zero-order valence-corrected chi connectivity index (χ0v) is 16.0. The molecule has 0 fully saturated rings. The van der Waals surface area contributed by atoms with E-state index < -0.39 is 5.97 Å². The highest BCUT2D eigenvalue weighted by molar-refractivity contribution is 5.95. The molecule has 0 saturated heterocycles. The van der Waals surface area contributed by atoms with Crippen LogP contribution in [0.25, 0.3) is 22.2 Å². The van der Waals surface area contributed by atoms with Gasteiger partial charge in [0.05, 0.1) is 26.3 Å². The fourth-order valence-electron chi connectivity index (χ4n) is 3.48. The summed E-state index contributed by atoms with van der Waals surface area (Å²) >= 11 is 0. The molecule has 2 aromatic carbocycles. The summed E-state index contributed by atoms with van der Waals surface area (Å²) < 4.78 is 11.0. The Hall–Kier alpha value is -2.95. The van der Waals surface area contributed by atoms with Gasteiger partial charge in [-0.2, -0.15) is 0 Å². The zero-order valence-electron chi connectivity index (χ0n) is 16.0. The highest BCUT2D eigenvalue weighted by Crippen LogP contribution is 2.41. The fourth-order valence-corrected chi connectivity index (χ4v) is 3.48. The number of para-hydroxylation sites is 1. The molecule has 5 heteroatoms. The lowest BCUT2D eigenvalue weighted by atomic mass is 9.99. The van der Waals surface area contributed by atoms with E-state index in [0.29, 0.717) is 11.5 Å². The van der Waals surface area contributed by atoms with Gasteiger partial charge < -0.3 is 19.6 Å². The number of carboxylic acid groups (broad SMARTS) is 1. The van der Waals surface area contributed by atoms with E-state index in [2.05, 4.69) is 24.0 Å². The molecule has 1 aromatic heterocycles. The Labute approximate surface area is 158 Å². The average Bonchev–Trinajstić information content (AvgIpc) is 3.02. The van der Waals surface area contributed by atoms with Gasteiger partial charge in [-0.05, 0) is 48.2 Å². The lowest BCUT2D eigenvalue weighted by Crippen LogP contribution is -2.02. The number of rotatable bonds is 8. The topological polar surface area (TPSA) is 71.5 Å². The summed E-state index contributed by atoms with van der Waals surface area (Å²) in [6, 6.07) is 11.9. The van der Waals surface area contributed by atoms with Crippen molar-refractivity contribution in [1.29, 1.82) is 0 Å². The molecule has 0 atom stereocenters. The highest BCUT2D eigenvalue weighted by Gasteiger charge is 2.20. The molecule has 5 nitrogen and oxygen atoms in total. The quantitative estimate of drug-likeness (QED) is 0.599. The van der Waals surface area contributed by atoms with E-state index >= 15 is 0 Å². The number of carbonyl (C=O) groups is 1. The maximum Gasteiger partial charge on any atom is 0.307 e. The second-order valence-electron chi connectivity index (χ2n) is 6.57. The fraction of sp³-hybridized carbons (Fsp3) is 0.318. The van der Waals surface area contributed by atoms with Gasteiger partial charge in [0.1, 0.15) is 0 Å². The van der Waals surface area contributed by atoms with Gasteiger partial charge in [-0.1, -0.05) is 25.5 Å². The van der Waals surface area contributed by atoms with Crippen LogP contribution in [0, 0.1) is 0 Å². The van der Waals surface area contributed by atoms with Crippen LogP contribution in [-0.4, -0.2) is 30.3 Å². The monoisotopic (exact) mass is 367 g/mol. The standard InChI is InChI=1S/C22H25NO4/c1-4-5-7-14-10-11-18-16(12-14)17(13-20(24)25)21(23-18)15-8-6-9-19(26-2)22(15)27-3/h6,8-12,23H,4-5,7,13H2,1-3H3,(H,24,25). The Morgan fingerprint density at radius 1 is 1.15 bits per heavy atom. The number of aryl methyl sites for hydroxylation is 1. The number of hydrogen-bond acceptors (Lipinski definition) is 3. The number of unbranched alkanes of at least 4 members (excludes halogenated alkanes) is 1. The van der Waals surface area contributed by atoms with E-state index in [1.165, 1.54) is 5.56 Å². The van der Waals surface area contributed by atoms with E-state index in [0.717, 1.165) is 47.0 Å². The summed E-state index contributed by atoms with van der Waals surface area (Å²) in [5.74, 6) is 0.334. The zero-order chi connectivity index (χ0) is 19.4. The predicted molar refractivity (Wildman–Crippen MR) is 107 cm³/mol. The number of benzene rings is 2. The van der Waals surface area contributed by atoms with E-state index in [1.54, 1.807) is 14.2 Å². The summed E-state index contributed by atoms with van der Waals surface area (Å²) in [7, 11) is 3.18. The summed E-state index contributed by atoms with van der Waals surface area (Å²) in [6.45, 7) is 2.16. The molecule has 3 aromatic rings. The first kappa shape index (κ1) is 18.8. The molecule has 27 heavy (non-hydrogen) atoms. The molecule has 0 spiro atoms.